The standard InChI is InChI=1S/C19H29N3O3/c1-3-20-18(23)14-21-19(24)16-9-4-5-10-17(16)25-13-12-22-11-7-6-8-15(22)2/h4-5,9-10,15H,3,6-8,11-14H2,1-2H3,(H,20,23)(H,21,24)/t15-/m1/s1. The Bertz CT molecular complexity index is 577. The predicted molar refractivity (Wildman–Crippen MR) is 97.8 cm³/mol. The number of ether oxygens (including phenoxy) is 1. The number of hydrogen-bond acceptors (Lipinski definition) is 4. The van der Waals surface area contributed by atoms with Crippen LogP contribution in [0.2, 0.25) is 0 Å². The Morgan fingerprint density at radius 2 is 2.04 bits per heavy atom. The maximum atomic E-state index is 12.3. The van der Waals surface area contributed by atoms with Crippen molar-refractivity contribution >= 4 is 11.8 Å². The maximum Gasteiger partial charge on any atom is 0.255 e. The molecule has 2 rings (SSSR count). The van der Waals surface area contributed by atoms with Gasteiger partial charge in [0.2, 0.25) is 5.91 Å². The second-order valence-electron chi connectivity index (χ2n) is 6.36. The summed E-state index contributed by atoms with van der Waals surface area (Å²) in [5.41, 5.74) is 0.457. The fraction of sp³-hybridized carbons (Fsp3) is 0.579. The summed E-state index contributed by atoms with van der Waals surface area (Å²) in [7, 11) is 0. The van der Waals surface area contributed by atoms with Gasteiger partial charge in [-0.2, -0.15) is 0 Å². The van der Waals surface area contributed by atoms with E-state index in [9.17, 15) is 9.59 Å². The number of likely N-dealkylation sites (tertiary alicyclic amines) is 1. The first-order chi connectivity index (χ1) is 12.1. The number of amides is 2. The molecule has 0 radical (unpaired) electrons. The molecule has 0 aromatic heterocycles. The zero-order valence-electron chi connectivity index (χ0n) is 15.2. The number of nitrogens with zero attached hydrogens (tertiary/aromatic N) is 1. The predicted octanol–water partition coefficient (Wildman–Crippen LogP) is 1.81. The molecule has 1 saturated heterocycles. The van der Waals surface area contributed by atoms with Gasteiger partial charge in [0.25, 0.3) is 5.91 Å². The molecule has 0 spiro atoms. The Labute approximate surface area is 149 Å². The molecule has 0 aliphatic carbocycles. The molecular formula is C19H29N3O3. The minimum absolute atomic E-state index is 0.0354. The second kappa shape index (κ2) is 10.0. The summed E-state index contributed by atoms with van der Waals surface area (Å²) in [4.78, 5) is 26.2. The summed E-state index contributed by atoms with van der Waals surface area (Å²) >= 11 is 0. The number of carbonyl (C=O) groups is 2. The average molecular weight is 347 g/mol. The molecule has 1 aliphatic rings. The van der Waals surface area contributed by atoms with Crippen molar-refractivity contribution < 1.29 is 14.3 Å². The zero-order chi connectivity index (χ0) is 18.1. The molecular weight excluding hydrogens is 318 g/mol. The normalized spacial score (nSPS) is 17.8. The fourth-order valence-electron chi connectivity index (χ4n) is 3.06. The van der Waals surface area contributed by atoms with Crippen LogP contribution in [0.3, 0.4) is 0 Å². The third-order valence-corrected chi connectivity index (χ3v) is 4.49. The molecule has 1 fully saturated rings. The summed E-state index contributed by atoms with van der Waals surface area (Å²) in [6, 6.07) is 7.74. The largest absolute Gasteiger partial charge is 0.491 e. The van der Waals surface area contributed by atoms with Gasteiger partial charge in [-0.1, -0.05) is 18.6 Å². The fourth-order valence-corrected chi connectivity index (χ4v) is 3.06. The van der Waals surface area contributed by atoms with Crippen molar-refractivity contribution in [3.8, 4) is 5.75 Å². The summed E-state index contributed by atoms with van der Waals surface area (Å²) in [5, 5.41) is 5.28. The summed E-state index contributed by atoms with van der Waals surface area (Å²) in [6.07, 6.45) is 3.77. The highest BCUT2D eigenvalue weighted by atomic mass is 16.5. The Hall–Kier alpha value is -2.08. The van der Waals surface area contributed by atoms with Crippen molar-refractivity contribution in [2.45, 2.75) is 39.2 Å². The molecule has 1 aromatic carbocycles. The SMILES string of the molecule is CCNC(=O)CNC(=O)c1ccccc1OCCN1CCCC[C@H]1C. The highest BCUT2D eigenvalue weighted by Crippen LogP contribution is 2.19. The lowest BCUT2D eigenvalue weighted by Crippen LogP contribution is -2.40. The lowest BCUT2D eigenvalue weighted by molar-refractivity contribution is -0.120. The van der Waals surface area contributed by atoms with E-state index in [-0.39, 0.29) is 18.4 Å². The van der Waals surface area contributed by atoms with Gasteiger partial charge in [-0.25, -0.2) is 0 Å². The lowest BCUT2D eigenvalue weighted by Gasteiger charge is -2.33. The molecule has 25 heavy (non-hydrogen) atoms. The van der Waals surface area contributed by atoms with E-state index in [1.165, 1.54) is 19.3 Å². The zero-order valence-corrected chi connectivity index (χ0v) is 15.2. The summed E-state index contributed by atoms with van der Waals surface area (Å²) in [5.74, 6) is 0.0575. The van der Waals surface area contributed by atoms with Gasteiger partial charge in [0.15, 0.2) is 0 Å². The van der Waals surface area contributed by atoms with Crippen LogP contribution in [0.15, 0.2) is 24.3 Å². The Morgan fingerprint density at radius 3 is 2.80 bits per heavy atom. The Morgan fingerprint density at radius 1 is 1.24 bits per heavy atom. The number of rotatable bonds is 8. The number of nitrogens with one attached hydrogen (secondary N) is 2. The third-order valence-electron chi connectivity index (χ3n) is 4.49. The molecule has 2 amide bonds. The number of hydrogen-bond donors (Lipinski definition) is 2. The molecule has 6 nitrogen and oxygen atoms in total. The molecule has 2 N–H and O–H groups in total. The number of carbonyl (C=O) groups excluding carboxylic acids is 2. The van der Waals surface area contributed by atoms with Gasteiger partial charge in [-0.05, 0) is 45.4 Å². The Kier molecular flexibility index (Phi) is 7.73. The lowest BCUT2D eigenvalue weighted by atomic mass is 10.0. The monoisotopic (exact) mass is 347 g/mol. The molecule has 1 aliphatic heterocycles. The van der Waals surface area contributed by atoms with Crippen LogP contribution < -0.4 is 15.4 Å². The van der Waals surface area contributed by atoms with Gasteiger partial charge in [-0.3, -0.25) is 14.5 Å². The van der Waals surface area contributed by atoms with E-state index in [4.69, 9.17) is 4.74 Å². The molecule has 0 bridgehead atoms. The molecule has 0 saturated carbocycles. The Balaban J connectivity index is 1.86. The van der Waals surface area contributed by atoms with E-state index in [0.717, 1.165) is 13.1 Å². The van der Waals surface area contributed by atoms with Gasteiger partial charge in [0, 0.05) is 19.1 Å². The van der Waals surface area contributed by atoms with Crippen LogP contribution >= 0.6 is 0 Å². The molecule has 1 aromatic rings. The first kappa shape index (κ1) is 19.2. The minimum atomic E-state index is -0.298. The number of benzene rings is 1. The van der Waals surface area contributed by atoms with Crippen molar-refractivity contribution in [3.05, 3.63) is 29.8 Å². The van der Waals surface area contributed by atoms with Crippen LogP contribution in [0.4, 0.5) is 0 Å². The molecule has 1 atom stereocenters. The van der Waals surface area contributed by atoms with Gasteiger partial charge in [-0.15, -0.1) is 0 Å². The summed E-state index contributed by atoms with van der Waals surface area (Å²) < 4.78 is 5.86. The van der Waals surface area contributed by atoms with E-state index in [1.807, 2.05) is 13.0 Å². The minimum Gasteiger partial charge on any atom is -0.491 e. The van der Waals surface area contributed by atoms with Crippen molar-refractivity contribution in [1.82, 2.24) is 15.5 Å². The van der Waals surface area contributed by atoms with Crippen LogP contribution in [0, 0.1) is 0 Å². The summed E-state index contributed by atoms with van der Waals surface area (Å²) in [6.45, 7) is 7.11. The van der Waals surface area contributed by atoms with Gasteiger partial charge >= 0.3 is 0 Å². The van der Waals surface area contributed by atoms with Crippen molar-refractivity contribution in [2.24, 2.45) is 0 Å². The smallest absolute Gasteiger partial charge is 0.255 e. The van der Waals surface area contributed by atoms with E-state index >= 15 is 0 Å². The van der Waals surface area contributed by atoms with Gasteiger partial charge in [0.05, 0.1) is 12.1 Å². The van der Waals surface area contributed by atoms with E-state index in [0.29, 0.717) is 30.5 Å². The van der Waals surface area contributed by atoms with E-state index in [2.05, 4.69) is 22.5 Å². The van der Waals surface area contributed by atoms with Crippen LogP contribution in [0.5, 0.6) is 5.75 Å². The van der Waals surface area contributed by atoms with E-state index < -0.39 is 0 Å². The molecule has 6 heteroatoms. The van der Waals surface area contributed by atoms with Gasteiger partial charge in [0.1, 0.15) is 12.4 Å². The van der Waals surface area contributed by atoms with Gasteiger partial charge < -0.3 is 15.4 Å². The first-order valence-corrected chi connectivity index (χ1v) is 9.12. The third kappa shape index (κ3) is 6.05. The van der Waals surface area contributed by atoms with Crippen LogP contribution in [0.25, 0.3) is 0 Å². The number of para-hydroxylation sites is 1. The van der Waals surface area contributed by atoms with Crippen LogP contribution in [-0.4, -0.2) is 55.5 Å². The van der Waals surface area contributed by atoms with Crippen LogP contribution in [0.1, 0.15) is 43.5 Å². The molecule has 138 valence electrons. The van der Waals surface area contributed by atoms with Crippen molar-refractivity contribution in [1.29, 1.82) is 0 Å². The quantitative estimate of drug-likeness (QED) is 0.752. The van der Waals surface area contributed by atoms with Crippen molar-refractivity contribution in [2.75, 3.05) is 32.8 Å². The highest BCUT2D eigenvalue weighted by molar-refractivity contribution is 5.98. The topological polar surface area (TPSA) is 70.7 Å². The highest BCUT2D eigenvalue weighted by Gasteiger charge is 2.18. The van der Waals surface area contributed by atoms with Crippen LogP contribution in [-0.2, 0) is 4.79 Å². The first-order valence-electron chi connectivity index (χ1n) is 9.12. The maximum absolute atomic E-state index is 12.3. The molecule has 1 heterocycles. The molecule has 0 unspecified atom stereocenters. The van der Waals surface area contributed by atoms with Crippen molar-refractivity contribution in [3.63, 3.8) is 0 Å². The number of piperidine rings is 1. The second-order valence-corrected chi connectivity index (χ2v) is 6.36. The number of likely N-dealkylation sites (N-methyl/N-ethyl adjacent to an activating group) is 1. The average Bonchev–Trinajstić information content (AvgIpc) is 2.62. The van der Waals surface area contributed by atoms with E-state index in [1.54, 1.807) is 18.2 Å².